The van der Waals surface area contributed by atoms with Gasteiger partial charge in [-0.05, 0) is 6.07 Å². The summed E-state index contributed by atoms with van der Waals surface area (Å²) in [4.78, 5) is 18.9. The van der Waals surface area contributed by atoms with E-state index in [2.05, 4.69) is 20.6 Å². The number of rotatable bonds is 5. The summed E-state index contributed by atoms with van der Waals surface area (Å²) in [6, 6.07) is 1.77. The number of nitrogens with zero attached hydrogens (tertiary/aromatic N) is 2. The van der Waals surface area contributed by atoms with Crippen molar-refractivity contribution < 1.29 is 4.79 Å². The summed E-state index contributed by atoms with van der Waals surface area (Å²) in [6.07, 6.45) is 3.87. The van der Waals surface area contributed by atoms with Crippen molar-refractivity contribution in [2.24, 2.45) is 0 Å². The lowest BCUT2D eigenvalue weighted by molar-refractivity contribution is -0.120. The number of aromatic nitrogens is 2. The molecule has 1 heterocycles. The van der Waals surface area contributed by atoms with Gasteiger partial charge in [0.25, 0.3) is 0 Å². The van der Waals surface area contributed by atoms with Crippen LogP contribution >= 0.6 is 0 Å². The van der Waals surface area contributed by atoms with E-state index >= 15 is 0 Å². The Morgan fingerprint density at radius 3 is 2.79 bits per heavy atom. The van der Waals surface area contributed by atoms with Gasteiger partial charge in [0.15, 0.2) is 0 Å². The summed E-state index contributed by atoms with van der Waals surface area (Å²) in [5.74, 6) is 0.774. The highest BCUT2D eigenvalue weighted by Gasteiger charge is 1.97. The van der Waals surface area contributed by atoms with Gasteiger partial charge >= 0.3 is 0 Å². The first-order valence-electron chi connectivity index (χ1n) is 4.50. The van der Waals surface area contributed by atoms with Crippen LogP contribution in [0.2, 0.25) is 0 Å². The molecule has 0 radical (unpaired) electrons. The predicted molar refractivity (Wildman–Crippen MR) is 52.4 cm³/mol. The zero-order chi connectivity index (χ0) is 10.2. The molecule has 5 nitrogen and oxygen atoms in total. The molecule has 0 unspecified atom stereocenters. The number of carbonyl (C=O) groups is 1. The molecule has 0 spiro atoms. The van der Waals surface area contributed by atoms with Crippen LogP contribution < -0.4 is 10.6 Å². The fourth-order valence-electron chi connectivity index (χ4n) is 0.948. The first kappa shape index (κ1) is 10.6. The Kier molecular flexibility index (Phi) is 4.57. The molecule has 0 aliphatic carbocycles. The molecule has 1 rings (SSSR count). The number of hydrogen-bond acceptors (Lipinski definition) is 4. The van der Waals surface area contributed by atoms with Crippen LogP contribution in [0.3, 0.4) is 0 Å². The summed E-state index contributed by atoms with van der Waals surface area (Å²) in [6.45, 7) is 1.23. The van der Waals surface area contributed by atoms with Gasteiger partial charge in [0.1, 0.15) is 5.82 Å². The van der Waals surface area contributed by atoms with Gasteiger partial charge in [-0.3, -0.25) is 4.79 Å². The minimum atomic E-state index is 0.0338. The van der Waals surface area contributed by atoms with Gasteiger partial charge in [-0.2, -0.15) is 0 Å². The highest BCUT2D eigenvalue weighted by molar-refractivity contribution is 5.75. The fraction of sp³-hybridized carbons (Fsp3) is 0.444. The van der Waals surface area contributed by atoms with Crippen LogP contribution in [-0.4, -0.2) is 29.5 Å². The normalized spacial score (nSPS) is 9.79. The third-order valence-electron chi connectivity index (χ3n) is 1.71. The van der Waals surface area contributed by atoms with Crippen molar-refractivity contribution in [1.82, 2.24) is 20.6 Å². The van der Waals surface area contributed by atoms with Crippen LogP contribution in [0.4, 0.5) is 0 Å². The van der Waals surface area contributed by atoms with Crippen LogP contribution in [-0.2, 0) is 11.3 Å². The Labute approximate surface area is 83.0 Å². The highest BCUT2D eigenvalue weighted by Crippen LogP contribution is 1.86. The Morgan fingerprint density at radius 1 is 1.43 bits per heavy atom. The number of carbonyl (C=O) groups excluding carboxylic acids is 1. The van der Waals surface area contributed by atoms with Crippen LogP contribution in [0.5, 0.6) is 0 Å². The third kappa shape index (κ3) is 3.95. The molecule has 0 aliphatic heterocycles. The summed E-state index contributed by atoms with van der Waals surface area (Å²) in [5.41, 5.74) is 0. The van der Waals surface area contributed by atoms with Crippen LogP contribution in [0.25, 0.3) is 0 Å². The SMILES string of the molecule is CNC(=O)CCNCc1ncccn1. The summed E-state index contributed by atoms with van der Waals surface area (Å²) in [7, 11) is 1.63. The van der Waals surface area contributed by atoms with Crippen molar-refractivity contribution in [2.45, 2.75) is 13.0 Å². The lowest BCUT2D eigenvalue weighted by Gasteiger charge is -2.02. The molecule has 0 bridgehead atoms. The second-order valence-corrected chi connectivity index (χ2v) is 2.76. The third-order valence-corrected chi connectivity index (χ3v) is 1.71. The molecule has 1 aromatic heterocycles. The second kappa shape index (κ2) is 6.04. The van der Waals surface area contributed by atoms with Crippen molar-refractivity contribution in [3.05, 3.63) is 24.3 Å². The van der Waals surface area contributed by atoms with E-state index in [1.807, 2.05) is 0 Å². The van der Waals surface area contributed by atoms with Gasteiger partial charge in [-0.25, -0.2) is 9.97 Å². The molecule has 5 heteroatoms. The molecular weight excluding hydrogens is 180 g/mol. The van der Waals surface area contributed by atoms with Gasteiger partial charge in [0.2, 0.25) is 5.91 Å². The molecule has 1 aromatic rings. The predicted octanol–water partition coefficient (Wildman–Crippen LogP) is -0.298. The van der Waals surface area contributed by atoms with Gasteiger partial charge in [-0.1, -0.05) is 0 Å². The highest BCUT2D eigenvalue weighted by atomic mass is 16.1. The zero-order valence-electron chi connectivity index (χ0n) is 8.16. The Morgan fingerprint density at radius 2 is 2.14 bits per heavy atom. The number of hydrogen-bond donors (Lipinski definition) is 2. The molecule has 76 valence electrons. The van der Waals surface area contributed by atoms with E-state index in [0.717, 1.165) is 5.82 Å². The molecule has 0 aromatic carbocycles. The van der Waals surface area contributed by atoms with E-state index in [-0.39, 0.29) is 5.91 Å². The maximum atomic E-state index is 10.8. The Hall–Kier alpha value is -1.49. The van der Waals surface area contributed by atoms with Gasteiger partial charge in [0, 0.05) is 32.4 Å². The summed E-state index contributed by atoms with van der Waals surface area (Å²) < 4.78 is 0. The van der Waals surface area contributed by atoms with Crippen LogP contribution in [0.1, 0.15) is 12.2 Å². The minimum absolute atomic E-state index is 0.0338. The van der Waals surface area contributed by atoms with Crippen molar-refractivity contribution in [3.8, 4) is 0 Å². The zero-order valence-corrected chi connectivity index (χ0v) is 8.16. The van der Waals surface area contributed by atoms with Crippen molar-refractivity contribution >= 4 is 5.91 Å². The van der Waals surface area contributed by atoms with Crippen molar-refractivity contribution in [3.63, 3.8) is 0 Å². The molecule has 14 heavy (non-hydrogen) atoms. The average Bonchev–Trinajstić information content (AvgIpc) is 2.25. The smallest absolute Gasteiger partial charge is 0.221 e. The van der Waals surface area contributed by atoms with Gasteiger partial charge in [-0.15, -0.1) is 0 Å². The number of nitrogens with one attached hydrogen (secondary N) is 2. The largest absolute Gasteiger partial charge is 0.359 e. The van der Waals surface area contributed by atoms with E-state index < -0.39 is 0 Å². The molecule has 0 saturated heterocycles. The number of amides is 1. The maximum absolute atomic E-state index is 10.8. The van der Waals surface area contributed by atoms with E-state index in [0.29, 0.717) is 19.5 Å². The summed E-state index contributed by atoms with van der Waals surface area (Å²) >= 11 is 0. The lowest BCUT2D eigenvalue weighted by atomic mass is 10.4. The van der Waals surface area contributed by atoms with E-state index in [1.54, 1.807) is 25.5 Å². The molecular formula is C9H14N4O. The van der Waals surface area contributed by atoms with Gasteiger partial charge in [0.05, 0.1) is 6.54 Å². The first-order valence-corrected chi connectivity index (χ1v) is 4.50. The van der Waals surface area contributed by atoms with Gasteiger partial charge < -0.3 is 10.6 Å². The van der Waals surface area contributed by atoms with E-state index in [4.69, 9.17) is 0 Å². The maximum Gasteiger partial charge on any atom is 0.221 e. The second-order valence-electron chi connectivity index (χ2n) is 2.76. The van der Waals surface area contributed by atoms with E-state index in [1.165, 1.54) is 0 Å². The molecule has 1 amide bonds. The molecule has 0 atom stereocenters. The average molecular weight is 194 g/mol. The Balaban J connectivity index is 2.13. The fourth-order valence-corrected chi connectivity index (χ4v) is 0.948. The van der Waals surface area contributed by atoms with Crippen molar-refractivity contribution in [1.29, 1.82) is 0 Å². The molecule has 0 saturated carbocycles. The summed E-state index contributed by atoms with van der Waals surface area (Å²) in [5, 5.41) is 5.63. The van der Waals surface area contributed by atoms with E-state index in [9.17, 15) is 4.79 Å². The molecule has 2 N–H and O–H groups in total. The molecule has 0 aliphatic rings. The minimum Gasteiger partial charge on any atom is -0.359 e. The topological polar surface area (TPSA) is 66.9 Å². The monoisotopic (exact) mass is 194 g/mol. The quantitative estimate of drug-likeness (QED) is 0.632. The Bertz CT molecular complexity index is 275. The lowest BCUT2D eigenvalue weighted by Crippen LogP contribution is -2.24. The van der Waals surface area contributed by atoms with Crippen molar-refractivity contribution in [2.75, 3.05) is 13.6 Å². The molecule has 0 fully saturated rings. The standard InChI is InChI=1S/C9H14N4O/c1-10-9(14)3-6-11-7-8-12-4-2-5-13-8/h2,4-5,11H,3,6-7H2,1H3,(H,10,14). The first-order chi connectivity index (χ1) is 6.83. The van der Waals surface area contributed by atoms with Crippen LogP contribution in [0, 0.1) is 0 Å². The van der Waals surface area contributed by atoms with Crippen LogP contribution in [0.15, 0.2) is 18.5 Å².